The molecule has 11 aromatic rings. The van der Waals surface area contributed by atoms with E-state index in [-0.39, 0.29) is 11.7 Å². The fraction of sp³-hybridized carbons (Fsp3) is 0. The number of hydrogen-bond donors (Lipinski definition) is 2. The average molecular weight is 1550 g/mol. The SMILES string of the molecule is Brc1ccc(C2=Nc3nc2c(-c2ccc(Br)cc2)c2[nH]c(c(-c4ccc(Br)cc4)c4nc(c(-c5ccc(Br)cc5)c5nnc(n3)[nH]5)C(c3ccc(Br)cc3)=C4c3ccc(Br)cc3)c(-c3ccc(Br)cc3)c2-c2ccc(Br)cc2)cc1. The van der Waals surface area contributed by atoms with Crippen LogP contribution in [-0.2, 0) is 0 Å². The van der Waals surface area contributed by atoms with E-state index < -0.39 is 0 Å². The maximum absolute atomic E-state index is 6.07. The van der Waals surface area contributed by atoms with Crippen molar-refractivity contribution < 1.29 is 0 Å². The first-order chi connectivity index (χ1) is 38.9. The Balaban J connectivity index is 1.37. The minimum absolute atomic E-state index is 0.196. The number of aromatic nitrogens is 7. The molecule has 8 nitrogen and oxygen atoms in total. The van der Waals surface area contributed by atoms with Crippen LogP contribution < -0.4 is 0 Å². The smallest absolute Gasteiger partial charge is 0.254 e. The zero-order valence-electron chi connectivity index (χ0n) is 41.2. The van der Waals surface area contributed by atoms with Crippen LogP contribution in [0.2, 0.25) is 0 Å². The molecule has 3 aromatic heterocycles. The summed E-state index contributed by atoms with van der Waals surface area (Å²) in [5.41, 5.74) is 18.0. The van der Waals surface area contributed by atoms with E-state index in [0.29, 0.717) is 28.3 Å². The molecule has 2 N–H and O–H groups in total. The number of nitrogens with one attached hydrogen (secondary N) is 2. The van der Waals surface area contributed by atoms with Crippen molar-refractivity contribution in [2.45, 2.75) is 0 Å². The molecule has 0 saturated carbocycles. The van der Waals surface area contributed by atoms with Gasteiger partial charge >= 0.3 is 0 Å². The lowest BCUT2D eigenvalue weighted by Gasteiger charge is -2.15. The van der Waals surface area contributed by atoms with Crippen LogP contribution in [0.3, 0.4) is 0 Å². The fourth-order valence-corrected chi connectivity index (χ4v) is 12.3. The molecule has 0 spiro atoms. The number of benzene rings is 8. The molecular weight excluding hydrogens is 1520 g/mol. The Morgan fingerprint density at radius 2 is 0.575 bits per heavy atom. The second-order valence-corrected chi connectivity index (χ2v) is 26.0. The van der Waals surface area contributed by atoms with Gasteiger partial charge in [-0.2, -0.15) is 4.98 Å². The summed E-state index contributed by atoms with van der Waals surface area (Å²) in [6, 6.07) is 67.0. The van der Waals surface area contributed by atoms with Crippen molar-refractivity contribution in [3.05, 3.63) is 264 Å². The number of aliphatic imine (C=N–C) groups is 1. The molecule has 5 heterocycles. The van der Waals surface area contributed by atoms with Gasteiger partial charge in [0, 0.05) is 74.7 Å². The summed E-state index contributed by atoms with van der Waals surface area (Å²) in [7, 11) is 0. The molecule has 0 aliphatic carbocycles. The largest absolute Gasteiger partial charge is 0.353 e. The molecule has 8 bridgehead atoms. The first-order valence-corrected chi connectivity index (χ1v) is 31.1. The van der Waals surface area contributed by atoms with Crippen LogP contribution in [0.1, 0.15) is 33.8 Å². The van der Waals surface area contributed by atoms with Gasteiger partial charge in [0.05, 0.1) is 28.0 Å². The third kappa shape index (κ3) is 10.4. The van der Waals surface area contributed by atoms with Gasteiger partial charge in [0.25, 0.3) is 11.7 Å². The molecule has 0 unspecified atom stereocenters. The number of fused-ring (bicyclic) bond motifs is 8. The lowest BCUT2D eigenvalue weighted by atomic mass is 9.87. The summed E-state index contributed by atoms with van der Waals surface area (Å²) >= 11 is 30.1. The van der Waals surface area contributed by atoms with Crippen molar-refractivity contribution in [1.29, 1.82) is 0 Å². The minimum atomic E-state index is 0.196. The van der Waals surface area contributed by atoms with E-state index in [2.05, 4.69) is 295 Å². The number of hydrogen-bond acceptors (Lipinski definition) is 6. The van der Waals surface area contributed by atoms with Gasteiger partial charge in [-0.1, -0.05) is 225 Å². The third-order valence-corrected chi connectivity index (χ3v) is 18.0. The zero-order valence-corrected chi connectivity index (χ0v) is 53.9. The lowest BCUT2D eigenvalue weighted by molar-refractivity contribution is 1.10. The highest BCUT2D eigenvalue weighted by atomic mass is 79.9. The van der Waals surface area contributed by atoms with Gasteiger partial charge in [-0.3, -0.25) is 0 Å². The highest BCUT2D eigenvalue weighted by molar-refractivity contribution is 9.11. The van der Waals surface area contributed by atoms with Crippen molar-refractivity contribution >= 4 is 173 Å². The maximum atomic E-state index is 6.07. The van der Waals surface area contributed by atoms with Crippen molar-refractivity contribution in [1.82, 2.24) is 35.1 Å². The number of rotatable bonds is 8. The summed E-state index contributed by atoms with van der Waals surface area (Å²) < 4.78 is 7.48. The van der Waals surface area contributed by atoms with Crippen LogP contribution in [0.5, 0.6) is 0 Å². The quantitative estimate of drug-likeness (QED) is 0.158. The van der Waals surface area contributed by atoms with Crippen LogP contribution in [0.4, 0.5) is 5.95 Å². The van der Waals surface area contributed by atoms with E-state index in [1.165, 1.54) is 0 Å². The molecule has 2 aliphatic rings. The predicted octanol–water partition coefficient (Wildman–Crippen LogP) is 21.1. The molecule has 80 heavy (non-hydrogen) atoms. The Labute approximate surface area is 526 Å². The lowest BCUT2D eigenvalue weighted by Crippen LogP contribution is -2.03. The first kappa shape index (κ1) is 53.2. The van der Waals surface area contributed by atoms with Gasteiger partial charge in [0.2, 0.25) is 0 Å². The molecule has 0 radical (unpaired) electrons. The molecule has 0 amide bonds. The fourth-order valence-electron chi connectivity index (χ4n) is 10.2. The van der Waals surface area contributed by atoms with E-state index in [9.17, 15) is 0 Å². The van der Waals surface area contributed by atoms with Crippen molar-refractivity contribution in [2.24, 2.45) is 4.99 Å². The topological polar surface area (TPSA) is 108 Å². The maximum Gasteiger partial charge on any atom is 0.254 e. The minimum Gasteiger partial charge on any atom is -0.353 e. The van der Waals surface area contributed by atoms with Crippen LogP contribution in [0.25, 0.3) is 89.2 Å². The normalized spacial score (nSPS) is 12.3. The molecule has 0 fully saturated rings. The van der Waals surface area contributed by atoms with Gasteiger partial charge in [-0.25, -0.2) is 15.0 Å². The van der Waals surface area contributed by atoms with E-state index in [1.54, 1.807) is 0 Å². The standard InChI is InChI=1S/C64H34Br8N8/c65-41-17-1-33(2-18-41)49-50(34-3-19-42(66)20-4-34)59-54(38-11-27-46(70)28-12-38)61-56(40-15-31-48(72)32-16-40)75-63(76-61)78-64-77-62(79-80-64)55(39-13-29-47(71)30-14-39)60-52(36-7-23-44(68)24-8-36)51(35-5-21-43(67)22-6-35)58(74-60)53(57(49)73-59)37-9-25-45(69)26-10-37/h1-32,73H,(H,75,76,77,78,79,80). The Bertz CT molecular complexity index is 4480. The molecule has 2 aliphatic heterocycles. The third-order valence-electron chi connectivity index (χ3n) is 13.8. The van der Waals surface area contributed by atoms with Gasteiger partial charge < -0.3 is 9.97 Å². The van der Waals surface area contributed by atoms with Crippen molar-refractivity contribution in [3.63, 3.8) is 0 Å². The predicted molar refractivity (Wildman–Crippen MR) is 353 cm³/mol. The van der Waals surface area contributed by atoms with Crippen LogP contribution >= 0.6 is 127 Å². The van der Waals surface area contributed by atoms with E-state index in [0.717, 1.165) is 130 Å². The highest BCUT2D eigenvalue weighted by Gasteiger charge is 2.33. The monoisotopic (exact) mass is 1550 g/mol. The second kappa shape index (κ2) is 22.3. The van der Waals surface area contributed by atoms with Crippen molar-refractivity contribution in [3.8, 4) is 55.6 Å². The zero-order chi connectivity index (χ0) is 54.8. The summed E-state index contributed by atoms with van der Waals surface area (Å²) in [4.78, 5) is 29.7. The van der Waals surface area contributed by atoms with Crippen LogP contribution in [0, 0.1) is 0 Å². The Kier molecular flexibility index (Phi) is 14.9. The van der Waals surface area contributed by atoms with E-state index >= 15 is 0 Å². The summed E-state index contributed by atoms with van der Waals surface area (Å²) in [6.45, 7) is 0. The second-order valence-electron chi connectivity index (χ2n) is 18.7. The average Bonchev–Trinajstić information content (AvgIpc) is 4.29. The number of nitrogens with zero attached hydrogens (tertiary/aromatic N) is 6. The van der Waals surface area contributed by atoms with Gasteiger partial charge in [0.15, 0.2) is 5.65 Å². The van der Waals surface area contributed by atoms with Gasteiger partial charge in [0.1, 0.15) is 11.4 Å². The molecular formula is C64H34Br8N8. The summed E-state index contributed by atoms with van der Waals surface area (Å²) in [5, 5.41) is 9.65. The highest BCUT2D eigenvalue weighted by Crippen LogP contribution is 2.52. The Morgan fingerprint density at radius 3 is 0.963 bits per heavy atom. The molecule has 0 saturated heterocycles. The van der Waals surface area contributed by atoms with Crippen molar-refractivity contribution in [2.75, 3.05) is 0 Å². The van der Waals surface area contributed by atoms with Gasteiger partial charge in [-0.05, 0) is 136 Å². The number of H-pyrrole nitrogens is 2. The first-order valence-electron chi connectivity index (χ1n) is 24.8. The van der Waals surface area contributed by atoms with Crippen LogP contribution in [0.15, 0.2) is 235 Å². The molecule has 8 aromatic carbocycles. The van der Waals surface area contributed by atoms with E-state index in [4.69, 9.17) is 30.1 Å². The Morgan fingerprint density at radius 1 is 0.263 bits per heavy atom. The number of halogens is 8. The van der Waals surface area contributed by atoms with Gasteiger partial charge in [-0.15, -0.1) is 10.2 Å². The molecule has 13 rings (SSSR count). The summed E-state index contributed by atoms with van der Waals surface area (Å²) in [6.07, 6.45) is 0. The van der Waals surface area contributed by atoms with Crippen LogP contribution in [-0.4, -0.2) is 40.8 Å². The number of aromatic amines is 2. The van der Waals surface area contributed by atoms with E-state index in [1.807, 2.05) is 36.4 Å². The molecule has 0 atom stereocenters. The molecule has 386 valence electrons. The Hall–Kier alpha value is -6.08. The summed E-state index contributed by atoms with van der Waals surface area (Å²) in [5.74, 6) is 0.412. The molecule has 16 heteroatoms.